The van der Waals surface area contributed by atoms with Crippen LogP contribution in [-0.2, 0) is 12.4 Å². The van der Waals surface area contributed by atoms with Crippen LogP contribution >= 0.6 is 11.7 Å². The number of hydrogen-bond donors (Lipinski definition) is 0. The van der Waals surface area contributed by atoms with Crippen molar-refractivity contribution in [1.82, 2.24) is 13.3 Å². The molecule has 13 rings (SSSR count). The Kier molecular flexibility index (Phi) is 10.8. The van der Waals surface area contributed by atoms with E-state index in [1.807, 2.05) is 115 Å². The Labute approximate surface area is 429 Å². The molecule has 0 unspecified atom stereocenters. The van der Waals surface area contributed by atoms with Gasteiger partial charge >= 0.3 is 12.4 Å². The number of hydrogen-bond acceptors (Lipinski definition) is 6. The van der Waals surface area contributed by atoms with Crippen LogP contribution in [0.4, 0.5) is 60.5 Å². The molecule has 10 aromatic carbocycles. The summed E-state index contributed by atoms with van der Waals surface area (Å²) in [5.74, 6) is 1.55. The number of halogens is 6. The summed E-state index contributed by atoms with van der Waals surface area (Å²) in [5.41, 5.74) is 12.6. The highest BCUT2D eigenvalue weighted by Gasteiger charge is 2.32. The van der Waals surface area contributed by atoms with E-state index >= 15 is 0 Å². The molecule has 0 amide bonds. The lowest BCUT2D eigenvalue weighted by Gasteiger charge is -2.33. The first kappa shape index (κ1) is 45.6. The highest BCUT2D eigenvalue weighted by molar-refractivity contribution is 7.00. The molecule has 1 aliphatic rings. The Morgan fingerprint density at radius 3 is 1.43 bits per heavy atom. The molecule has 6 nitrogen and oxygen atoms in total. The first-order valence-corrected chi connectivity index (χ1v) is 24.6. The van der Waals surface area contributed by atoms with Crippen LogP contribution in [0, 0.1) is 0 Å². The standard InChI is InChI=1S/C62H37F6N5OS/c63-61(64,65)43-22-14-38(15-23-43)41-20-33-52-50(36-41)51-37-42(39-16-24-44(25-17-39)62(66,67)68)21-34-53(51)72(52)47-26-18-40(19-27-47)49-32-35-56(60-59(49)69-75-70-60)71(45-8-2-1-3-9-45)46-28-30-48(31-29-46)73-54-10-4-6-12-57(54)74-58-13-7-5-11-55(58)73/h1-37H. The maximum Gasteiger partial charge on any atom is 0.416 e. The summed E-state index contributed by atoms with van der Waals surface area (Å²) in [6, 6.07) is 68.6. The SMILES string of the molecule is FC(F)(F)c1ccc(-c2ccc3c(c2)c2cc(-c4ccc(C(F)(F)F)cc4)ccc2n3-c2ccc(-c3ccc(N(c4ccccc4)c4ccc(N5c6ccccc6Oc6ccccc65)cc4)c4nsnc34)cc2)cc1. The summed E-state index contributed by atoms with van der Waals surface area (Å²) >= 11 is 1.15. The third kappa shape index (κ3) is 8.08. The molecule has 0 saturated carbocycles. The van der Waals surface area contributed by atoms with E-state index in [2.05, 4.69) is 75.0 Å². The van der Waals surface area contributed by atoms with Crippen molar-refractivity contribution in [3.63, 3.8) is 0 Å². The molecule has 75 heavy (non-hydrogen) atoms. The zero-order valence-corrected chi connectivity index (χ0v) is 40.0. The van der Waals surface area contributed by atoms with Crippen LogP contribution in [0.15, 0.2) is 224 Å². The highest BCUT2D eigenvalue weighted by Crippen LogP contribution is 2.51. The molecule has 2 aromatic heterocycles. The van der Waals surface area contributed by atoms with Crippen LogP contribution in [0.3, 0.4) is 0 Å². The number of rotatable bonds is 8. The van der Waals surface area contributed by atoms with Gasteiger partial charge in [0.05, 0.1) is 51.0 Å². The predicted octanol–water partition coefficient (Wildman–Crippen LogP) is 18.9. The van der Waals surface area contributed by atoms with Crippen molar-refractivity contribution in [3.8, 4) is 50.6 Å². The van der Waals surface area contributed by atoms with Gasteiger partial charge in [0, 0.05) is 39.1 Å². The van der Waals surface area contributed by atoms with Gasteiger partial charge in [-0.25, -0.2) is 0 Å². The lowest BCUT2D eigenvalue weighted by molar-refractivity contribution is -0.138. The molecule has 0 bridgehead atoms. The first-order valence-electron chi connectivity index (χ1n) is 23.9. The van der Waals surface area contributed by atoms with Crippen molar-refractivity contribution in [2.24, 2.45) is 0 Å². The van der Waals surface area contributed by atoms with Crippen LogP contribution < -0.4 is 14.5 Å². The van der Waals surface area contributed by atoms with Gasteiger partial charge in [-0.3, -0.25) is 0 Å². The van der Waals surface area contributed by atoms with Gasteiger partial charge in [0.2, 0.25) is 0 Å². The number of aromatic nitrogens is 3. The lowest BCUT2D eigenvalue weighted by atomic mass is 9.99. The van der Waals surface area contributed by atoms with Crippen molar-refractivity contribution >= 4 is 78.7 Å². The Balaban J connectivity index is 0.872. The number of anilines is 6. The number of benzene rings is 10. The van der Waals surface area contributed by atoms with Crippen LogP contribution in [0.25, 0.3) is 71.9 Å². The number of para-hydroxylation sites is 5. The first-order chi connectivity index (χ1) is 36.4. The third-order valence-electron chi connectivity index (χ3n) is 13.7. The van der Waals surface area contributed by atoms with Gasteiger partial charge < -0.3 is 19.1 Å². The number of alkyl halides is 6. The molecule has 0 saturated heterocycles. The van der Waals surface area contributed by atoms with Gasteiger partial charge in [-0.2, -0.15) is 35.1 Å². The fourth-order valence-electron chi connectivity index (χ4n) is 10.2. The average molecular weight is 1010 g/mol. The summed E-state index contributed by atoms with van der Waals surface area (Å²) in [6.45, 7) is 0. The van der Waals surface area contributed by atoms with E-state index in [-0.39, 0.29) is 0 Å². The second-order valence-corrected chi connectivity index (χ2v) is 18.7. The monoisotopic (exact) mass is 1010 g/mol. The van der Waals surface area contributed by atoms with Crippen molar-refractivity contribution in [2.75, 3.05) is 9.80 Å². The molecule has 0 fully saturated rings. The van der Waals surface area contributed by atoms with Crippen molar-refractivity contribution in [3.05, 3.63) is 236 Å². The summed E-state index contributed by atoms with van der Waals surface area (Å²) in [4.78, 5) is 4.40. The molecular weight excluding hydrogens is 977 g/mol. The number of ether oxygens (including phenoxy) is 1. The van der Waals surface area contributed by atoms with Crippen LogP contribution in [-0.4, -0.2) is 13.3 Å². The molecule has 12 aromatic rings. The molecule has 0 radical (unpaired) electrons. The van der Waals surface area contributed by atoms with E-state index in [0.717, 1.165) is 131 Å². The quantitative estimate of drug-likeness (QED) is 0.142. The molecule has 0 spiro atoms. The van der Waals surface area contributed by atoms with Gasteiger partial charge in [-0.15, -0.1) is 0 Å². The smallest absolute Gasteiger partial charge is 0.416 e. The lowest BCUT2D eigenvalue weighted by Crippen LogP contribution is -2.16. The van der Waals surface area contributed by atoms with Gasteiger partial charge in [-0.05, 0) is 161 Å². The maximum absolute atomic E-state index is 13.5. The fraction of sp³-hybridized carbons (Fsp3) is 0.0323. The van der Waals surface area contributed by atoms with Crippen LogP contribution in [0.2, 0.25) is 0 Å². The van der Waals surface area contributed by atoms with E-state index in [9.17, 15) is 26.3 Å². The zero-order valence-electron chi connectivity index (χ0n) is 39.2. The molecule has 0 atom stereocenters. The minimum absolute atomic E-state index is 0.606. The van der Waals surface area contributed by atoms with E-state index in [1.54, 1.807) is 0 Å². The summed E-state index contributed by atoms with van der Waals surface area (Å²) < 4.78 is 99.2. The van der Waals surface area contributed by atoms with E-state index in [4.69, 9.17) is 13.5 Å². The molecule has 13 heteroatoms. The maximum atomic E-state index is 13.5. The molecular formula is C62H37F6N5OS. The predicted molar refractivity (Wildman–Crippen MR) is 288 cm³/mol. The average Bonchev–Trinajstić information content (AvgIpc) is 4.07. The normalized spacial score (nSPS) is 12.5. The topological polar surface area (TPSA) is 46.4 Å². The van der Waals surface area contributed by atoms with Crippen LogP contribution in [0.5, 0.6) is 11.5 Å². The second kappa shape index (κ2) is 17.8. The van der Waals surface area contributed by atoms with E-state index < -0.39 is 23.5 Å². The van der Waals surface area contributed by atoms with Gasteiger partial charge in [0.1, 0.15) is 11.0 Å². The summed E-state index contributed by atoms with van der Waals surface area (Å²) in [7, 11) is 0. The largest absolute Gasteiger partial charge is 0.453 e. The summed E-state index contributed by atoms with van der Waals surface area (Å²) in [5, 5.41) is 1.64. The van der Waals surface area contributed by atoms with Gasteiger partial charge in [-0.1, -0.05) is 91.0 Å². The Hall–Kier alpha value is -9.20. The minimum Gasteiger partial charge on any atom is -0.453 e. The van der Waals surface area contributed by atoms with Gasteiger partial charge in [0.25, 0.3) is 0 Å². The zero-order chi connectivity index (χ0) is 51.0. The Bertz CT molecular complexity index is 3960. The van der Waals surface area contributed by atoms with Crippen molar-refractivity contribution in [1.29, 1.82) is 0 Å². The fourth-order valence-corrected chi connectivity index (χ4v) is 10.7. The van der Waals surface area contributed by atoms with Crippen molar-refractivity contribution < 1.29 is 31.1 Å². The molecule has 0 N–H and O–H groups in total. The molecule has 1 aliphatic heterocycles. The minimum atomic E-state index is -4.47. The molecule has 364 valence electrons. The summed E-state index contributed by atoms with van der Waals surface area (Å²) in [6.07, 6.45) is -8.95. The molecule has 0 aliphatic carbocycles. The van der Waals surface area contributed by atoms with Crippen LogP contribution in [0.1, 0.15) is 11.1 Å². The number of fused-ring (bicyclic) bond motifs is 6. The number of nitrogens with zero attached hydrogens (tertiary/aromatic N) is 5. The third-order valence-corrected chi connectivity index (χ3v) is 14.3. The second-order valence-electron chi connectivity index (χ2n) is 18.2. The Morgan fingerprint density at radius 1 is 0.413 bits per heavy atom. The molecule has 3 heterocycles. The highest BCUT2D eigenvalue weighted by atomic mass is 32.1. The van der Waals surface area contributed by atoms with Gasteiger partial charge in [0.15, 0.2) is 11.5 Å². The van der Waals surface area contributed by atoms with E-state index in [1.165, 1.54) is 24.3 Å². The van der Waals surface area contributed by atoms with E-state index in [0.29, 0.717) is 22.3 Å². The Morgan fingerprint density at radius 2 is 0.880 bits per heavy atom. The van der Waals surface area contributed by atoms with Crippen molar-refractivity contribution in [2.45, 2.75) is 12.4 Å².